The van der Waals surface area contributed by atoms with Crippen molar-refractivity contribution in [2.45, 2.75) is 19.4 Å². The molecule has 0 aliphatic carbocycles. The lowest BCUT2D eigenvalue weighted by atomic mass is 9.99. The maximum absolute atomic E-state index is 5.40. The average Bonchev–Trinajstić information content (AvgIpc) is 2.66. The number of nitrogens with one attached hydrogen (secondary N) is 1. The van der Waals surface area contributed by atoms with Gasteiger partial charge in [-0.15, -0.1) is 0 Å². The van der Waals surface area contributed by atoms with Gasteiger partial charge in [0.15, 0.2) is 0 Å². The Morgan fingerprint density at radius 3 is 2.85 bits per heavy atom. The van der Waals surface area contributed by atoms with Crippen LogP contribution in [0.4, 0.5) is 0 Å². The van der Waals surface area contributed by atoms with Crippen LogP contribution in [0.3, 0.4) is 0 Å². The van der Waals surface area contributed by atoms with Crippen LogP contribution >= 0.6 is 0 Å². The average molecular weight is 186 g/mol. The molecule has 2 atom stereocenters. The molecule has 1 saturated heterocycles. The minimum Gasteiger partial charge on any atom is -0.381 e. The van der Waals surface area contributed by atoms with Gasteiger partial charge in [-0.25, -0.2) is 0 Å². The van der Waals surface area contributed by atoms with Crippen LogP contribution in [0.5, 0.6) is 0 Å². The first-order valence-corrected chi connectivity index (χ1v) is 5.21. The maximum Gasteiger partial charge on any atom is 0.0510 e. The van der Waals surface area contributed by atoms with Crippen LogP contribution in [0.2, 0.25) is 0 Å². The van der Waals surface area contributed by atoms with Crippen molar-refractivity contribution in [2.75, 3.05) is 40.4 Å². The molecule has 0 bridgehead atoms. The van der Waals surface area contributed by atoms with Gasteiger partial charge in [0, 0.05) is 25.1 Å². The topological polar surface area (TPSA) is 24.5 Å². The summed E-state index contributed by atoms with van der Waals surface area (Å²) in [5, 5.41) is 3.39. The quantitative estimate of drug-likeness (QED) is 0.679. The third kappa shape index (κ3) is 3.25. The van der Waals surface area contributed by atoms with Crippen LogP contribution in [-0.2, 0) is 4.74 Å². The number of likely N-dealkylation sites (N-methyl/N-ethyl adjacent to an activating group) is 2. The normalized spacial score (nSPS) is 25.4. The van der Waals surface area contributed by atoms with Crippen molar-refractivity contribution in [3.8, 4) is 0 Å². The highest BCUT2D eigenvalue weighted by Gasteiger charge is 2.24. The molecule has 0 radical (unpaired) electrons. The lowest BCUT2D eigenvalue weighted by molar-refractivity contribution is 0.169. The van der Waals surface area contributed by atoms with Gasteiger partial charge in [-0.2, -0.15) is 0 Å². The maximum atomic E-state index is 5.40. The summed E-state index contributed by atoms with van der Waals surface area (Å²) < 4.78 is 5.40. The smallest absolute Gasteiger partial charge is 0.0510 e. The molecule has 1 fully saturated rings. The van der Waals surface area contributed by atoms with Crippen LogP contribution in [0, 0.1) is 5.92 Å². The van der Waals surface area contributed by atoms with E-state index in [2.05, 4.69) is 24.2 Å². The minimum atomic E-state index is 0.590. The summed E-state index contributed by atoms with van der Waals surface area (Å²) in [5.74, 6) is 0.707. The summed E-state index contributed by atoms with van der Waals surface area (Å²) in [7, 11) is 4.21. The molecule has 1 aliphatic heterocycles. The largest absolute Gasteiger partial charge is 0.381 e. The summed E-state index contributed by atoms with van der Waals surface area (Å²) in [6.45, 7) is 6.31. The predicted molar refractivity (Wildman–Crippen MR) is 54.9 cm³/mol. The van der Waals surface area contributed by atoms with Crippen LogP contribution in [0.1, 0.15) is 13.3 Å². The molecule has 1 N–H and O–H groups in total. The Kier molecular flexibility index (Phi) is 4.70. The SMILES string of the molecule is CCN(C)CC(NC)C1CCOC1. The van der Waals surface area contributed by atoms with E-state index in [4.69, 9.17) is 4.74 Å². The third-order valence-corrected chi connectivity index (χ3v) is 2.95. The van der Waals surface area contributed by atoms with Crippen molar-refractivity contribution in [3.05, 3.63) is 0 Å². The highest BCUT2D eigenvalue weighted by Crippen LogP contribution is 2.16. The van der Waals surface area contributed by atoms with E-state index in [0.29, 0.717) is 12.0 Å². The highest BCUT2D eigenvalue weighted by atomic mass is 16.5. The molecule has 0 aromatic carbocycles. The number of rotatable bonds is 5. The van der Waals surface area contributed by atoms with Crippen LogP contribution in [0.15, 0.2) is 0 Å². The third-order valence-electron chi connectivity index (χ3n) is 2.95. The van der Waals surface area contributed by atoms with Crippen molar-refractivity contribution in [1.82, 2.24) is 10.2 Å². The van der Waals surface area contributed by atoms with E-state index in [1.54, 1.807) is 0 Å². The van der Waals surface area contributed by atoms with E-state index in [1.165, 1.54) is 6.42 Å². The Hall–Kier alpha value is -0.120. The van der Waals surface area contributed by atoms with Gasteiger partial charge in [-0.05, 0) is 27.1 Å². The van der Waals surface area contributed by atoms with Crippen molar-refractivity contribution >= 4 is 0 Å². The van der Waals surface area contributed by atoms with Gasteiger partial charge in [0.25, 0.3) is 0 Å². The van der Waals surface area contributed by atoms with E-state index >= 15 is 0 Å². The second-order valence-corrected chi connectivity index (χ2v) is 3.87. The fourth-order valence-electron chi connectivity index (χ4n) is 1.81. The zero-order chi connectivity index (χ0) is 9.68. The molecule has 0 saturated carbocycles. The van der Waals surface area contributed by atoms with Gasteiger partial charge >= 0.3 is 0 Å². The molecular weight excluding hydrogens is 164 g/mol. The predicted octanol–water partition coefficient (Wildman–Crippen LogP) is 0.563. The number of hydrogen-bond acceptors (Lipinski definition) is 3. The van der Waals surface area contributed by atoms with E-state index in [0.717, 1.165) is 26.3 Å². The van der Waals surface area contributed by atoms with Gasteiger partial charge in [-0.3, -0.25) is 0 Å². The molecule has 1 aliphatic rings. The van der Waals surface area contributed by atoms with Gasteiger partial charge < -0.3 is 15.0 Å². The van der Waals surface area contributed by atoms with E-state index in [-0.39, 0.29) is 0 Å². The molecule has 1 rings (SSSR count). The fraction of sp³-hybridized carbons (Fsp3) is 1.00. The Balaban J connectivity index is 2.32. The summed E-state index contributed by atoms with van der Waals surface area (Å²) in [4.78, 5) is 2.35. The van der Waals surface area contributed by atoms with Crippen LogP contribution in [-0.4, -0.2) is 51.3 Å². The second-order valence-electron chi connectivity index (χ2n) is 3.87. The van der Waals surface area contributed by atoms with Crippen LogP contribution in [0.25, 0.3) is 0 Å². The summed E-state index contributed by atoms with van der Waals surface area (Å²) in [5.41, 5.74) is 0. The first-order chi connectivity index (χ1) is 6.27. The van der Waals surface area contributed by atoms with Gasteiger partial charge in [-0.1, -0.05) is 6.92 Å². The standard InChI is InChI=1S/C10H22N2O/c1-4-12(3)7-10(11-2)9-5-6-13-8-9/h9-11H,4-8H2,1-3H3. The van der Waals surface area contributed by atoms with Crippen molar-refractivity contribution in [2.24, 2.45) is 5.92 Å². The first kappa shape index (κ1) is 11.0. The zero-order valence-corrected chi connectivity index (χ0v) is 9.05. The number of ether oxygens (including phenoxy) is 1. The van der Waals surface area contributed by atoms with Crippen LogP contribution < -0.4 is 5.32 Å². The van der Waals surface area contributed by atoms with Crippen molar-refractivity contribution < 1.29 is 4.74 Å². The lowest BCUT2D eigenvalue weighted by Crippen LogP contribution is -2.43. The summed E-state index contributed by atoms with van der Waals surface area (Å²) in [6.07, 6.45) is 1.21. The zero-order valence-electron chi connectivity index (χ0n) is 9.05. The summed E-state index contributed by atoms with van der Waals surface area (Å²) >= 11 is 0. The highest BCUT2D eigenvalue weighted by molar-refractivity contribution is 4.80. The van der Waals surface area contributed by atoms with Gasteiger partial charge in [0.05, 0.1) is 6.61 Å². The van der Waals surface area contributed by atoms with Gasteiger partial charge in [0.1, 0.15) is 0 Å². The Morgan fingerprint density at radius 2 is 2.38 bits per heavy atom. The van der Waals surface area contributed by atoms with E-state index < -0.39 is 0 Å². The molecular formula is C10H22N2O. The number of nitrogens with zero attached hydrogens (tertiary/aromatic N) is 1. The Bertz CT molecular complexity index is 135. The van der Waals surface area contributed by atoms with E-state index in [9.17, 15) is 0 Å². The molecule has 0 aromatic rings. The molecule has 3 heteroatoms. The molecule has 13 heavy (non-hydrogen) atoms. The minimum absolute atomic E-state index is 0.590. The van der Waals surface area contributed by atoms with Crippen molar-refractivity contribution in [1.29, 1.82) is 0 Å². The van der Waals surface area contributed by atoms with Gasteiger partial charge in [0.2, 0.25) is 0 Å². The summed E-state index contributed by atoms with van der Waals surface area (Å²) in [6, 6.07) is 0.590. The molecule has 0 spiro atoms. The Morgan fingerprint density at radius 1 is 1.62 bits per heavy atom. The lowest BCUT2D eigenvalue weighted by Gasteiger charge is -2.26. The first-order valence-electron chi connectivity index (χ1n) is 5.21. The molecule has 0 aromatic heterocycles. The monoisotopic (exact) mass is 186 g/mol. The van der Waals surface area contributed by atoms with E-state index in [1.807, 2.05) is 7.05 Å². The number of hydrogen-bond donors (Lipinski definition) is 1. The molecule has 78 valence electrons. The molecule has 0 amide bonds. The molecule has 3 nitrogen and oxygen atoms in total. The second kappa shape index (κ2) is 5.58. The molecule has 1 heterocycles. The fourth-order valence-corrected chi connectivity index (χ4v) is 1.81. The van der Waals surface area contributed by atoms with Crippen molar-refractivity contribution in [3.63, 3.8) is 0 Å². The Labute approximate surface area is 81.4 Å². The molecule has 2 unspecified atom stereocenters.